The number of hydrogen-bond acceptors (Lipinski definition) is 1. The first kappa shape index (κ1) is 20.0. The van der Waals surface area contributed by atoms with Crippen LogP contribution in [0.2, 0.25) is 0 Å². The summed E-state index contributed by atoms with van der Waals surface area (Å²) in [5, 5.41) is 9.11. The second-order valence-electron chi connectivity index (χ2n) is 11.1. The number of carboxylic acid groups (broad SMARTS) is 1. The number of rotatable bonds is 4. The topological polar surface area (TPSA) is 37.3 Å². The molecule has 1 unspecified atom stereocenters. The summed E-state index contributed by atoms with van der Waals surface area (Å²) in [6, 6.07) is 0. The molecule has 27 heavy (non-hydrogen) atoms. The highest BCUT2D eigenvalue weighted by molar-refractivity contribution is 6.24. The number of alkyl halides is 1. The maximum absolute atomic E-state index is 11.1. The minimum Gasteiger partial charge on any atom is -0.481 e. The molecule has 4 aliphatic carbocycles. The molecule has 4 saturated carbocycles. The molecule has 0 aliphatic heterocycles. The van der Waals surface area contributed by atoms with Crippen LogP contribution in [0.3, 0.4) is 0 Å². The summed E-state index contributed by atoms with van der Waals surface area (Å²) < 4.78 is 0. The SMILES string of the molecule is C[C@H](CCC(=O)O)[C@H]1CC[C@H]2[C@@H]3CCC4(Cl)CCCC[C@]4(C)[C@H]3CC[C@]12C. The van der Waals surface area contributed by atoms with Crippen molar-refractivity contribution in [2.45, 2.75) is 103 Å². The van der Waals surface area contributed by atoms with Crippen molar-refractivity contribution >= 4 is 17.6 Å². The van der Waals surface area contributed by atoms with Crippen molar-refractivity contribution in [3.05, 3.63) is 0 Å². The van der Waals surface area contributed by atoms with Gasteiger partial charge in [-0.05, 0) is 98.2 Å². The van der Waals surface area contributed by atoms with Crippen molar-refractivity contribution in [1.29, 1.82) is 0 Å². The summed E-state index contributed by atoms with van der Waals surface area (Å²) in [5.41, 5.74) is 0.764. The van der Waals surface area contributed by atoms with Gasteiger partial charge in [0.2, 0.25) is 0 Å². The van der Waals surface area contributed by atoms with E-state index in [1.165, 1.54) is 64.2 Å². The van der Waals surface area contributed by atoms with Crippen LogP contribution in [0.4, 0.5) is 0 Å². The first-order chi connectivity index (χ1) is 12.7. The molecule has 0 radical (unpaired) electrons. The molecule has 0 amide bonds. The first-order valence-corrected chi connectivity index (χ1v) is 12.0. The van der Waals surface area contributed by atoms with E-state index in [0.29, 0.717) is 29.1 Å². The molecule has 0 saturated heterocycles. The third-order valence-electron chi connectivity index (χ3n) is 10.2. The van der Waals surface area contributed by atoms with Crippen LogP contribution in [-0.2, 0) is 4.79 Å². The van der Waals surface area contributed by atoms with E-state index in [2.05, 4.69) is 20.8 Å². The number of carboxylic acids is 1. The Morgan fingerprint density at radius 3 is 2.52 bits per heavy atom. The van der Waals surface area contributed by atoms with Gasteiger partial charge in [-0.3, -0.25) is 4.79 Å². The highest BCUT2D eigenvalue weighted by Gasteiger charge is 2.63. The molecular formula is C24H39ClO2. The van der Waals surface area contributed by atoms with E-state index in [1.54, 1.807) is 0 Å². The van der Waals surface area contributed by atoms with E-state index in [4.69, 9.17) is 16.7 Å². The van der Waals surface area contributed by atoms with Gasteiger partial charge in [0.1, 0.15) is 0 Å². The summed E-state index contributed by atoms with van der Waals surface area (Å²) in [4.78, 5) is 11.1. The van der Waals surface area contributed by atoms with Crippen molar-refractivity contribution in [3.8, 4) is 0 Å². The molecule has 1 N–H and O–H groups in total. The fraction of sp³-hybridized carbons (Fsp3) is 0.958. The lowest BCUT2D eigenvalue weighted by Crippen LogP contribution is -2.59. The highest BCUT2D eigenvalue weighted by atomic mass is 35.5. The van der Waals surface area contributed by atoms with Crippen LogP contribution in [0, 0.1) is 40.4 Å². The summed E-state index contributed by atoms with van der Waals surface area (Å²) in [5.74, 6) is 3.12. The molecule has 0 aromatic rings. The van der Waals surface area contributed by atoms with Gasteiger partial charge in [0.15, 0.2) is 0 Å². The van der Waals surface area contributed by atoms with E-state index in [0.717, 1.165) is 24.2 Å². The lowest BCUT2D eigenvalue weighted by atomic mass is 9.44. The smallest absolute Gasteiger partial charge is 0.303 e. The fourth-order valence-corrected chi connectivity index (χ4v) is 9.22. The molecule has 0 spiro atoms. The van der Waals surface area contributed by atoms with Crippen LogP contribution in [0.25, 0.3) is 0 Å². The number of fused-ring (bicyclic) bond motifs is 5. The summed E-state index contributed by atoms with van der Waals surface area (Å²) in [6.07, 6.45) is 14.3. The second-order valence-corrected chi connectivity index (χ2v) is 11.9. The third kappa shape index (κ3) is 2.99. The number of hydrogen-bond donors (Lipinski definition) is 1. The van der Waals surface area contributed by atoms with Crippen LogP contribution < -0.4 is 0 Å². The van der Waals surface area contributed by atoms with Crippen LogP contribution in [0.15, 0.2) is 0 Å². The first-order valence-electron chi connectivity index (χ1n) is 11.6. The van der Waals surface area contributed by atoms with E-state index < -0.39 is 5.97 Å². The standard InChI is InChI=1S/C24H39ClO2/c1-16(6-9-21(26)27)18-7-8-19-17-10-15-24(25)13-5-4-12-23(24,3)20(17)11-14-22(18,19)2/h16-20H,4-15H2,1-3H3,(H,26,27)/t16-,17+,18-,19+,20+,22-,23-,24?/m1/s1. The number of halogens is 1. The Morgan fingerprint density at radius 1 is 1.04 bits per heavy atom. The summed E-state index contributed by atoms with van der Waals surface area (Å²) in [7, 11) is 0. The van der Waals surface area contributed by atoms with Gasteiger partial charge in [0.25, 0.3) is 0 Å². The lowest BCUT2D eigenvalue weighted by Gasteiger charge is -2.63. The zero-order valence-corrected chi connectivity index (χ0v) is 18.4. The molecule has 0 bridgehead atoms. The molecule has 4 aliphatic rings. The van der Waals surface area contributed by atoms with E-state index in [1.807, 2.05) is 0 Å². The van der Waals surface area contributed by atoms with Crippen molar-refractivity contribution < 1.29 is 9.90 Å². The van der Waals surface area contributed by atoms with Gasteiger partial charge in [-0.15, -0.1) is 11.6 Å². The highest BCUT2D eigenvalue weighted by Crippen LogP contribution is 2.70. The Labute approximate surface area is 170 Å². The van der Waals surface area contributed by atoms with Gasteiger partial charge < -0.3 is 5.11 Å². The van der Waals surface area contributed by atoms with Crippen LogP contribution in [0.5, 0.6) is 0 Å². The molecule has 4 rings (SSSR count). The van der Waals surface area contributed by atoms with Gasteiger partial charge in [-0.1, -0.05) is 33.6 Å². The van der Waals surface area contributed by atoms with Crippen LogP contribution >= 0.6 is 11.6 Å². The summed E-state index contributed by atoms with van der Waals surface area (Å²) in [6.45, 7) is 7.43. The molecule has 2 nitrogen and oxygen atoms in total. The minimum atomic E-state index is -0.638. The van der Waals surface area contributed by atoms with Crippen molar-refractivity contribution in [3.63, 3.8) is 0 Å². The van der Waals surface area contributed by atoms with E-state index in [9.17, 15) is 4.79 Å². The molecule has 3 heteroatoms. The monoisotopic (exact) mass is 394 g/mol. The van der Waals surface area contributed by atoms with Crippen molar-refractivity contribution in [2.24, 2.45) is 40.4 Å². The van der Waals surface area contributed by atoms with Gasteiger partial charge >= 0.3 is 5.97 Å². The molecule has 0 heterocycles. The summed E-state index contributed by atoms with van der Waals surface area (Å²) >= 11 is 7.31. The average molecular weight is 395 g/mol. The third-order valence-corrected chi connectivity index (χ3v) is 11.1. The van der Waals surface area contributed by atoms with Crippen LogP contribution in [-0.4, -0.2) is 16.0 Å². The quantitative estimate of drug-likeness (QED) is 0.526. The predicted molar refractivity (Wildman–Crippen MR) is 111 cm³/mol. The average Bonchev–Trinajstić information content (AvgIpc) is 2.97. The number of carbonyl (C=O) groups is 1. The fourth-order valence-electron chi connectivity index (χ4n) is 8.74. The molecule has 0 aromatic heterocycles. The molecular weight excluding hydrogens is 356 g/mol. The zero-order valence-electron chi connectivity index (χ0n) is 17.6. The van der Waals surface area contributed by atoms with Gasteiger partial charge in [-0.25, -0.2) is 0 Å². The van der Waals surface area contributed by atoms with Gasteiger partial charge in [0.05, 0.1) is 4.87 Å². The Hall–Kier alpha value is -0.240. The minimum absolute atomic E-state index is 0.0624. The Kier molecular flexibility index (Phi) is 5.14. The van der Waals surface area contributed by atoms with Gasteiger partial charge in [-0.2, -0.15) is 0 Å². The van der Waals surface area contributed by atoms with Crippen molar-refractivity contribution in [2.75, 3.05) is 0 Å². The maximum atomic E-state index is 11.1. The van der Waals surface area contributed by atoms with E-state index >= 15 is 0 Å². The van der Waals surface area contributed by atoms with Crippen molar-refractivity contribution in [1.82, 2.24) is 0 Å². The lowest BCUT2D eigenvalue weighted by molar-refractivity contribution is -0.137. The second kappa shape index (κ2) is 6.92. The molecule has 8 atom stereocenters. The maximum Gasteiger partial charge on any atom is 0.303 e. The van der Waals surface area contributed by atoms with Crippen LogP contribution in [0.1, 0.15) is 97.8 Å². The van der Waals surface area contributed by atoms with Gasteiger partial charge in [0, 0.05) is 6.42 Å². The zero-order chi connectivity index (χ0) is 19.4. The Bertz CT molecular complexity index is 591. The molecule has 4 fully saturated rings. The normalized spacial score (nSPS) is 50.4. The molecule has 0 aromatic carbocycles. The van der Waals surface area contributed by atoms with E-state index in [-0.39, 0.29) is 4.87 Å². The largest absolute Gasteiger partial charge is 0.481 e. The predicted octanol–water partition coefficient (Wildman–Crippen LogP) is 6.90. The Balaban J connectivity index is 1.54. The Morgan fingerprint density at radius 2 is 1.78 bits per heavy atom. The number of aliphatic carboxylic acids is 1. The molecule has 154 valence electrons.